The number of nitrogens with zero attached hydrogens (tertiary/aromatic N) is 2. The summed E-state index contributed by atoms with van der Waals surface area (Å²) in [5.41, 5.74) is 1.37. The van der Waals surface area contributed by atoms with Crippen LogP contribution in [0, 0.1) is 0 Å². The van der Waals surface area contributed by atoms with Crippen LogP contribution in [0.5, 0.6) is 0 Å². The Hall–Kier alpha value is -0.780. The fourth-order valence-electron chi connectivity index (χ4n) is 2.90. The molecule has 0 unspecified atom stereocenters. The summed E-state index contributed by atoms with van der Waals surface area (Å²) in [4.78, 5) is 0. The number of hydrogen-bond acceptors (Lipinski definition) is 4. The second-order valence-corrected chi connectivity index (χ2v) is 6.52. The van der Waals surface area contributed by atoms with Crippen LogP contribution in [0.15, 0.2) is 19.0 Å². The van der Waals surface area contributed by atoms with Crippen LogP contribution in [0.2, 0.25) is 0 Å². The maximum absolute atomic E-state index is 6.04. The van der Waals surface area contributed by atoms with Crippen LogP contribution >= 0.6 is 11.8 Å². The van der Waals surface area contributed by atoms with Crippen LogP contribution in [0.25, 0.3) is 6.20 Å². The summed E-state index contributed by atoms with van der Waals surface area (Å²) in [6.07, 6.45) is 9.10. The van der Waals surface area contributed by atoms with E-state index in [9.17, 15) is 0 Å². The molecule has 5 heteroatoms. The van der Waals surface area contributed by atoms with Crippen LogP contribution in [0.1, 0.15) is 24.8 Å². The number of thioether (sulfide) groups is 1. The molecular weight excluding hydrogens is 258 g/mol. The minimum absolute atomic E-state index is 0.159. The van der Waals surface area contributed by atoms with Gasteiger partial charge < -0.3 is 10.1 Å². The van der Waals surface area contributed by atoms with Gasteiger partial charge in [0.05, 0.1) is 11.8 Å². The largest absolute Gasteiger partial charge is 0.374 e. The van der Waals surface area contributed by atoms with E-state index in [4.69, 9.17) is 4.74 Å². The smallest absolute Gasteiger partial charge is 0.0795 e. The SMILES string of the molecule is C=Cn1cc(CN[C@@H]2CCO[C@]3(CCSC3)C2)cn1. The van der Waals surface area contributed by atoms with Crippen LogP contribution < -0.4 is 5.32 Å². The quantitative estimate of drug-likeness (QED) is 0.916. The van der Waals surface area contributed by atoms with E-state index >= 15 is 0 Å². The van der Waals surface area contributed by atoms with Crippen molar-refractivity contribution in [2.75, 3.05) is 18.1 Å². The van der Waals surface area contributed by atoms with E-state index in [-0.39, 0.29) is 5.60 Å². The van der Waals surface area contributed by atoms with Gasteiger partial charge in [-0.05, 0) is 25.0 Å². The zero-order chi connectivity index (χ0) is 13.1. The molecule has 19 heavy (non-hydrogen) atoms. The molecule has 2 aliphatic rings. The van der Waals surface area contributed by atoms with Crippen molar-refractivity contribution in [3.8, 4) is 0 Å². The molecule has 104 valence electrons. The van der Waals surface area contributed by atoms with Gasteiger partial charge in [0.15, 0.2) is 0 Å². The van der Waals surface area contributed by atoms with Crippen LogP contribution in [-0.4, -0.2) is 39.5 Å². The number of rotatable bonds is 4. The van der Waals surface area contributed by atoms with Crippen molar-refractivity contribution < 1.29 is 4.74 Å². The third kappa shape index (κ3) is 3.04. The lowest BCUT2D eigenvalue weighted by Gasteiger charge is -2.38. The second kappa shape index (κ2) is 5.69. The topological polar surface area (TPSA) is 39.1 Å². The lowest BCUT2D eigenvalue weighted by atomic mass is 9.90. The molecule has 0 radical (unpaired) electrons. The van der Waals surface area contributed by atoms with E-state index in [1.54, 1.807) is 10.9 Å². The number of hydrogen-bond donors (Lipinski definition) is 1. The number of nitrogens with one attached hydrogen (secondary N) is 1. The summed E-state index contributed by atoms with van der Waals surface area (Å²) in [7, 11) is 0. The molecule has 0 bridgehead atoms. The van der Waals surface area contributed by atoms with Crippen molar-refractivity contribution in [2.45, 2.75) is 37.5 Å². The summed E-state index contributed by atoms with van der Waals surface area (Å²) in [5.74, 6) is 2.42. The predicted molar refractivity (Wildman–Crippen MR) is 79.1 cm³/mol. The molecule has 1 aromatic heterocycles. The van der Waals surface area contributed by atoms with Gasteiger partial charge in [-0.25, -0.2) is 4.68 Å². The summed E-state index contributed by atoms with van der Waals surface area (Å²) in [6.45, 7) is 5.47. The van der Waals surface area contributed by atoms with Crippen molar-refractivity contribution in [3.05, 3.63) is 24.5 Å². The van der Waals surface area contributed by atoms with Gasteiger partial charge in [0.25, 0.3) is 0 Å². The molecule has 2 fully saturated rings. The molecule has 0 aromatic carbocycles. The van der Waals surface area contributed by atoms with Crippen LogP contribution in [0.3, 0.4) is 0 Å². The molecule has 0 saturated carbocycles. The molecule has 3 rings (SSSR count). The highest BCUT2D eigenvalue weighted by atomic mass is 32.2. The molecule has 3 heterocycles. The summed E-state index contributed by atoms with van der Waals surface area (Å²) < 4.78 is 7.79. The maximum Gasteiger partial charge on any atom is 0.0795 e. The Labute approximate surface area is 118 Å². The van der Waals surface area contributed by atoms with Gasteiger partial charge in [0, 0.05) is 42.9 Å². The zero-order valence-corrected chi connectivity index (χ0v) is 12.0. The first kappa shape index (κ1) is 13.2. The van der Waals surface area contributed by atoms with E-state index in [0.717, 1.165) is 26.0 Å². The highest BCUT2D eigenvalue weighted by Crippen LogP contribution is 2.38. The molecule has 2 aliphatic heterocycles. The van der Waals surface area contributed by atoms with Crippen LogP contribution in [-0.2, 0) is 11.3 Å². The van der Waals surface area contributed by atoms with Crippen molar-refractivity contribution >= 4 is 18.0 Å². The van der Waals surface area contributed by atoms with Crippen molar-refractivity contribution in [3.63, 3.8) is 0 Å². The third-order valence-corrected chi connectivity index (χ3v) is 5.22. The zero-order valence-electron chi connectivity index (χ0n) is 11.2. The van der Waals surface area contributed by atoms with Gasteiger partial charge in [-0.15, -0.1) is 0 Å². The average Bonchev–Trinajstić information content (AvgIpc) is 3.06. The Morgan fingerprint density at radius 1 is 1.68 bits per heavy atom. The first-order valence-corrected chi connectivity index (χ1v) is 8.06. The molecule has 1 aromatic rings. The normalized spacial score (nSPS) is 30.8. The van der Waals surface area contributed by atoms with Gasteiger partial charge >= 0.3 is 0 Å². The Morgan fingerprint density at radius 3 is 3.37 bits per heavy atom. The summed E-state index contributed by atoms with van der Waals surface area (Å²) in [5, 5.41) is 7.85. The Balaban J connectivity index is 1.53. The summed E-state index contributed by atoms with van der Waals surface area (Å²) in [6, 6.07) is 0.569. The predicted octanol–water partition coefficient (Wildman–Crippen LogP) is 2.13. The monoisotopic (exact) mass is 279 g/mol. The van der Waals surface area contributed by atoms with E-state index < -0.39 is 0 Å². The summed E-state index contributed by atoms with van der Waals surface area (Å²) >= 11 is 2.03. The minimum Gasteiger partial charge on any atom is -0.374 e. The first-order chi connectivity index (χ1) is 9.30. The molecule has 0 aliphatic carbocycles. The van der Waals surface area contributed by atoms with E-state index in [0.29, 0.717) is 6.04 Å². The molecule has 4 nitrogen and oxygen atoms in total. The molecule has 0 amide bonds. The van der Waals surface area contributed by atoms with Gasteiger partial charge in [-0.1, -0.05) is 6.58 Å². The highest BCUT2D eigenvalue weighted by molar-refractivity contribution is 7.99. The lowest BCUT2D eigenvalue weighted by molar-refractivity contribution is -0.0703. The van der Waals surface area contributed by atoms with Gasteiger partial charge in [-0.2, -0.15) is 16.9 Å². The number of aromatic nitrogens is 2. The second-order valence-electron chi connectivity index (χ2n) is 5.42. The van der Waals surface area contributed by atoms with Crippen LogP contribution in [0.4, 0.5) is 0 Å². The highest BCUT2D eigenvalue weighted by Gasteiger charge is 2.40. The molecule has 2 saturated heterocycles. The molecule has 2 atom stereocenters. The first-order valence-electron chi connectivity index (χ1n) is 6.90. The lowest BCUT2D eigenvalue weighted by Crippen LogP contribution is -2.47. The van der Waals surface area contributed by atoms with Crippen molar-refractivity contribution in [1.82, 2.24) is 15.1 Å². The average molecular weight is 279 g/mol. The minimum atomic E-state index is 0.159. The van der Waals surface area contributed by atoms with E-state index in [1.807, 2.05) is 24.2 Å². The molecular formula is C14H21N3OS. The van der Waals surface area contributed by atoms with Crippen molar-refractivity contribution in [1.29, 1.82) is 0 Å². The molecule has 1 N–H and O–H groups in total. The molecule has 1 spiro atoms. The Bertz CT molecular complexity index is 440. The van der Waals surface area contributed by atoms with Crippen molar-refractivity contribution in [2.24, 2.45) is 0 Å². The Morgan fingerprint density at radius 2 is 2.63 bits per heavy atom. The van der Waals surface area contributed by atoms with Gasteiger partial charge in [-0.3, -0.25) is 0 Å². The standard InChI is InChI=1S/C14H21N3OS/c1-2-17-10-12(9-16-17)8-15-13-3-5-18-14(7-13)4-6-19-11-14/h2,9-10,13,15H,1,3-8,11H2/t13-,14-/m1/s1. The fourth-order valence-corrected chi connectivity index (χ4v) is 4.27. The van der Waals surface area contributed by atoms with Gasteiger partial charge in [0.1, 0.15) is 0 Å². The van der Waals surface area contributed by atoms with E-state index in [1.165, 1.54) is 23.5 Å². The number of ether oxygens (including phenoxy) is 1. The maximum atomic E-state index is 6.04. The fraction of sp³-hybridized carbons (Fsp3) is 0.643. The Kier molecular flexibility index (Phi) is 3.96. The van der Waals surface area contributed by atoms with Gasteiger partial charge in [0.2, 0.25) is 0 Å². The van der Waals surface area contributed by atoms with E-state index in [2.05, 4.69) is 17.0 Å². The third-order valence-electron chi connectivity index (χ3n) is 4.00.